The zero-order valence-electron chi connectivity index (χ0n) is 9.55. The van der Waals surface area contributed by atoms with Crippen molar-refractivity contribution in [3.05, 3.63) is 0 Å². The fraction of sp³-hybridized carbons (Fsp3) is 0.909. The van der Waals surface area contributed by atoms with Gasteiger partial charge in [0.05, 0.1) is 5.54 Å². The molecule has 0 unspecified atom stereocenters. The molecule has 0 aromatic rings. The quantitative estimate of drug-likeness (QED) is 0.749. The molecule has 0 aromatic heterocycles. The fourth-order valence-corrected chi connectivity index (χ4v) is 1.89. The van der Waals surface area contributed by atoms with Crippen molar-refractivity contribution in [1.82, 2.24) is 5.32 Å². The van der Waals surface area contributed by atoms with Crippen LogP contribution < -0.4 is 11.1 Å². The molecule has 88 valence electrons. The summed E-state index contributed by atoms with van der Waals surface area (Å²) in [7, 11) is 0. The Hall–Kier alpha value is -0.770. The van der Waals surface area contributed by atoms with E-state index in [1.807, 2.05) is 6.92 Å². The van der Waals surface area contributed by atoms with Gasteiger partial charge < -0.3 is 15.8 Å². The minimum absolute atomic E-state index is 0.276. The van der Waals surface area contributed by atoms with Crippen LogP contribution in [0, 0.1) is 0 Å². The lowest BCUT2D eigenvalue weighted by atomic mass is 9.83. The standard InChI is InChI=1S/C11H22N2O2/c1-2-8-13-10(14)15-9-11(12)6-4-3-5-7-11/h2-9,12H2,1H3,(H,13,14). The molecule has 0 heterocycles. The van der Waals surface area contributed by atoms with E-state index >= 15 is 0 Å². The number of ether oxygens (including phenoxy) is 1. The van der Waals surface area contributed by atoms with Crippen molar-refractivity contribution in [2.24, 2.45) is 5.73 Å². The van der Waals surface area contributed by atoms with Gasteiger partial charge in [-0.25, -0.2) is 4.79 Å². The summed E-state index contributed by atoms with van der Waals surface area (Å²) < 4.78 is 5.11. The molecule has 1 rings (SSSR count). The molecule has 15 heavy (non-hydrogen) atoms. The van der Waals surface area contributed by atoms with Crippen LogP contribution in [0.25, 0.3) is 0 Å². The number of nitrogens with one attached hydrogen (secondary N) is 1. The van der Waals surface area contributed by atoms with Crippen molar-refractivity contribution in [2.75, 3.05) is 13.2 Å². The number of carbonyl (C=O) groups excluding carboxylic acids is 1. The van der Waals surface area contributed by atoms with Crippen molar-refractivity contribution in [1.29, 1.82) is 0 Å². The number of hydrogen-bond donors (Lipinski definition) is 2. The molecule has 0 spiro atoms. The van der Waals surface area contributed by atoms with Gasteiger partial charge in [0.15, 0.2) is 0 Å². The van der Waals surface area contributed by atoms with Gasteiger partial charge in [0.2, 0.25) is 0 Å². The summed E-state index contributed by atoms with van der Waals surface area (Å²) >= 11 is 0. The molecule has 4 heteroatoms. The average Bonchev–Trinajstić information content (AvgIpc) is 2.25. The lowest BCUT2D eigenvalue weighted by Gasteiger charge is -2.32. The van der Waals surface area contributed by atoms with Crippen molar-refractivity contribution in [3.8, 4) is 0 Å². The first-order valence-electron chi connectivity index (χ1n) is 5.86. The molecule has 0 radical (unpaired) electrons. The van der Waals surface area contributed by atoms with E-state index in [9.17, 15) is 4.79 Å². The minimum atomic E-state index is -0.341. The Morgan fingerprint density at radius 1 is 1.40 bits per heavy atom. The molecule has 3 N–H and O–H groups in total. The highest BCUT2D eigenvalue weighted by atomic mass is 16.5. The van der Waals surface area contributed by atoms with E-state index in [1.54, 1.807) is 0 Å². The van der Waals surface area contributed by atoms with Crippen molar-refractivity contribution < 1.29 is 9.53 Å². The monoisotopic (exact) mass is 214 g/mol. The first kappa shape index (κ1) is 12.3. The van der Waals surface area contributed by atoms with E-state index in [0.29, 0.717) is 13.2 Å². The maximum absolute atomic E-state index is 11.2. The summed E-state index contributed by atoms with van der Waals surface area (Å²) in [5.74, 6) is 0. The van der Waals surface area contributed by atoms with Gasteiger partial charge in [0.25, 0.3) is 0 Å². The number of alkyl carbamates (subject to hydrolysis) is 1. The molecule has 1 fully saturated rings. The van der Waals surface area contributed by atoms with Crippen molar-refractivity contribution in [2.45, 2.75) is 51.0 Å². The predicted molar refractivity (Wildman–Crippen MR) is 59.6 cm³/mol. The van der Waals surface area contributed by atoms with Gasteiger partial charge in [-0.1, -0.05) is 26.2 Å². The Bertz CT molecular complexity index is 201. The molecule has 4 nitrogen and oxygen atoms in total. The van der Waals surface area contributed by atoms with Crippen LogP contribution in [0.2, 0.25) is 0 Å². The summed E-state index contributed by atoms with van der Waals surface area (Å²) in [6, 6.07) is 0. The van der Waals surface area contributed by atoms with E-state index in [1.165, 1.54) is 6.42 Å². The molecule has 0 atom stereocenters. The molecule has 0 aliphatic heterocycles. The van der Waals surface area contributed by atoms with Gasteiger partial charge in [-0.15, -0.1) is 0 Å². The summed E-state index contributed by atoms with van der Waals surface area (Å²) in [6.07, 6.45) is 6.06. The molecule has 1 amide bonds. The second kappa shape index (κ2) is 5.95. The third-order valence-electron chi connectivity index (χ3n) is 2.86. The number of amides is 1. The lowest BCUT2D eigenvalue weighted by molar-refractivity contribution is 0.101. The van der Waals surface area contributed by atoms with E-state index in [4.69, 9.17) is 10.5 Å². The van der Waals surface area contributed by atoms with Gasteiger partial charge in [-0.05, 0) is 19.3 Å². The maximum atomic E-state index is 11.2. The largest absolute Gasteiger partial charge is 0.448 e. The second-order valence-corrected chi connectivity index (χ2v) is 4.43. The predicted octanol–water partition coefficient (Wildman–Crippen LogP) is 1.78. The van der Waals surface area contributed by atoms with Crippen LogP contribution in [0.1, 0.15) is 45.4 Å². The van der Waals surface area contributed by atoms with E-state index < -0.39 is 0 Å². The van der Waals surface area contributed by atoms with Crippen LogP contribution in [0.3, 0.4) is 0 Å². The number of rotatable bonds is 4. The maximum Gasteiger partial charge on any atom is 0.407 e. The molecule has 0 bridgehead atoms. The number of nitrogens with two attached hydrogens (primary N) is 1. The van der Waals surface area contributed by atoms with Crippen LogP contribution in [0.15, 0.2) is 0 Å². The Kier molecular flexibility index (Phi) is 4.88. The molecule has 1 aliphatic rings. The smallest absolute Gasteiger partial charge is 0.407 e. The molecule has 0 aromatic carbocycles. The van der Waals surface area contributed by atoms with Crippen LogP contribution in [-0.2, 0) is 4.74 Å². The highest BCUT2D eigenvalue weighted by Crippen LogP contribution is 2.25. The van der Waals surface area contributed by atoms with Gasteiger partial charge >= 0.3 is 6.09 Å². The lowest BCUT2D eigenvalue weighted by Crippen LogP contribution is -2.47. The van der Waals surface area contributed by atoms with Gasteiger partial charge in [0, 0.05) is 6.54 Å². The Labute approximate surface area is 91.5 Å². The minimum Gasteiger partial charge on any atom is -0.448 e. The zero-order chi connectivity index (χ0) is 11.1. The average molecular weight is 214 g/mol. The van der Waals surface area contributed by atoms with Gasteiger partial charge in [-0.2, -0.15) is 0 Å². The summed E-state index contributed by atoms with van der Waals surface area (Å²) in [5, 5.41) is 2.67. The summed E-state index contributed by atoms with van der Waals surface area (Å²) in [5.41, 5.74) is 5.86. The summed E-state index contributed by atoms with van der Waals surface area (Å²) in [4.78, 5) is 11.2. The van der Waals surface area contributed by atoms with Crippen molar-refractivity contribution in [3.63, 3.8) is 0 Å². The highest BCUT2D eigenvalue weighted by molar-refractivity contribution is 5.67. The molecule has 1 aliphatic carbocycles. The van der Waals surface area contributed by atoms with E-state index in [0.717, 1.165) is 32.1 Å². The van der Waals surface area contributed by atoms with Gasteiger partial charge in [0.1, 0.15) is 6.61 Å². The zero-order valence-corrected chi connectivity index (χ0v) is 9.55. The normalized spacial score (nSPS) is 19.6. The Morgan fingerprint density at radius 3 is 2.67 bits per heavy atom. The second-order valence-electron chi connectivity index (χ2n) is 4.43. The number of hydrogen-bond acceptors (Lipinski definition) is 3. The molecular weight excluding hydrogens is 192 g/mol. The van der Waals surface area contributed by atoms with Crippen LogP contribution in [0.4, 0.5) is 4.79 Å². The fourth-order valence-electron chi connectivity index (χ4n) is 1.89. The summed E-state index contributed by atoms with van der Waals surface area (Å²) in [6.45, 7) is 3.02. The van der Waals surface area contributed by atoms with E-state index in [-0.39, 0.29) is 11.6 Å². The van der Waals surface area contributed by atoms with Crippen LogP contribution >= 0.6 is 0 Å². The Morgan fingerprint density at radius 2 is 2.07 bits per heavy atom. The third-order valence-corrected chi connectivity index (χ3v) is 2.86. The van der Waals surface area contributed by atoms with E-state index in [2.05, 4.69) is 5.32 Å². The molecule has 0 saturated heterocycles. The SMILES string of the molecule is CCCNC(=O)OCC1(N)CCCCC1. The first-order chi connectivity index (χ1) is 7.16. The molecule has 1 saturated carbocycles. The highest BCUT2D eigenvalue weighted by Gasteiger charge is 2.28. The van der Waals surface area contributed by atoms with Gasteiger partial charge in [-0.3, -0.25) is 0 Å². The van der Waals surface area contributed by atoms with Crippen LogP contribution in [0.5, 0.6) is 0 Å². The first-order valence-corrected chi connectivity index (χ1v) is 5.86. The Balaban J connectivity index is 2.19. The molecular formula is C11H22N2O2. The van der Waals surface area contributed by atoms with Crippen LogP contribution in [-0.4, -0.2) is 24.8 Å². The third kappa shape index (κ3) is 4.51. The topological polar surface area (TPSA) is 64.3 Å². The van der Waals surface area contributed by atoms with Crippen molar-refractivity contribution >= 4 is 6.09 Å². The number of carbonyl (C=O) groups is 1.